The van der Waals surface area contributed by atoms with Crippen LogP contribution in [-0.4, -0.2) is 44.1 Å². The number of ether oxygens (including phenoxy) is 1. The van der Waals surface area contributed by atoms with Gasteiger partial charge in [-0.05, 0) is 24.6 Å². The molecule has 1 N–H and O–H groups in total. The van der Waals surface area contributed by atoms with Crippen LogP contribution in [0.5, 0.6) is 5.75 Å². The first-order valence-electron chi connectivity index (χ1n) is 8.31. The smallest absolute Gasteiger partial charge is 0.235 e. The van der Waals surface area contributed by atoms with Crippen molar-refractivity contribution in [1.29, 1.82) is 0 Å². The minimum absolute atomic E-state index is 0.155. The van der Waals surface area contributed by atoms with Crippen LogP contribution < -0.4 is 10.1 Å². The second kappa shape index (κ2) is 9.35. The summed E-state index contributed by atoms with van der Waals surface area (Å²) >= 11 is 0. The van der Waals surface area contributed by atoms with Crippen molar-refractivity contribution < 1.29 is 17.9 Å². The molecule has 1 amide bonds. The quantitative estimate of drug-likeness (QED) is 0.727. The summed E-state index contributed by atoms with van der Waals surface area (Å²) in [7, 11) is -3.51. The summed E-state index contributed by atoms with van der Waals surface area (Å²) in [6.45, 7) is 2.03. The molecule has 1 atom stereocenters. The van der Waals surface area contributed by atoms with Gasteiger partial charge >= 0.3 is 0 Å². The number of carbonyl (C=O) groups excluding carboxylic acids is 1. The van der Waals surface area contributed by atoms with Crippen LogP contribution in [0.2, 0.25) is 0 Å². The van der Waals surface area contributed by atoms with Crippen LogP contribution in [-0.2, 0) is 21.4 Å². The molecule has 0 aliphatic heterocycles. The highest BCUT2D eigenvalue weighted by Gasteiger charge is 2.21. The molecular weight excluding hydrogens is 352 g/mol. The van der Waals surface area contributed by atoms with Gasteiger partial charge < -0.3 is 10.1 Å². The number of hydrogen-bond donors (Lipinski definition) is 1. The largest absolute Gasteiger partial charge is 0.491 e. The third-order valence-corrected chi connectivity index (χ3v) is 4.84. The number of rotatable bonds is 9. The summed E-state index contributed by atoms with van der Waals surface area (Å²) in [5.74, 6) is 0.353. The molecule has 1 unspecified atom stereocenters. The Labute approximate surface area is 154 Å². The van der Waals surface area contributed by atoms with Crippen molar-refractivity contribution >= 4 is 15.9 Å². The Kier molecular flexibility index (Phi) is 7.17. The lowest BCUT2D eigenvalue weighted by Gasteiger charge is -2.21. The molecule has 26 heavy (non-hydrogen) atoms. The molecule has 0 fully saturated rings. The van der Waals surface area contributed by atoms with Gasteiger partial charge in [-0.3, -0.25) is 4.79 Å². The van der Waals surface area contributed by atoms with Crippen molar-refractivity contribution in [3.05, 3.63) is 66.2 Å². The Morgan fingerprint density at radius 3 is 2.23 bits per heavy atom. The van der Waals surface area contributed by atoms with Crippen molar-refractivity contribution in [2.24, 2.45) is 0 Å². The lowest BCUT2D eigenvalue weighted by molar-refractivity contribution is -0.122. The molecule has 0 spiro atoms. The number of sulfonamides is 1. The van der Waals surface area contributed by atoms with Crippen LogP contribution in [0.1, 0.15) is 12.5 Å². The fourth-order valence-corrected chi connectivity index (χ4v) is 3.07. The Balaban J connectivity index is 1.88. The van der Waals surface area contributed by atoms with Gasteiger partial charge in [0.15, 0.2) is 0 Å². The first-order valence-corrected chi connectivity index (χ1v) is 10.2. The number of para-hydroxylation sites is 1. The number of amides is 1. The van der Waals surface area contributed by atoms with Crippen LogP contribution in [0.25, 0.3) is 0 Å². The molecule has 2 aromatic carbocycles. The van der Waals surface area contributed by atoms with Gasteiger partial charge in [-0.2, -0.15) is 4.31 Å². The van der Waals surface area contributed by atoms with Crippen molar-refractivity contribution in [1.82, 2.24) is 9.62 Å². The summed E-state index contributed by atoms with van der Waals surface area (Å²) in [6, 6.07) is 18.2. The monoisotopic (exact) mass is 376 g/mol. The summed E-state index contributed by atoms with van der Waals surface area (Å²) in [6.07, 6.45) is 1.10. The van der Waals surface area contributed by atoms with Gasteiger partial charge in [0.1, 0.15) is 12.4 Å². The van der Waals surface area contributed by atoms with E-state index < -0.39 is 10.0 Å². The molecule has 140 valence electrons. The Morgan fingerprint density at radius 1 is 1.08 bits per heavy atom. The Bertz CT molecular complexity index is 795. The third-order valence-electron chi connectivity index (χ3n) is 3.64. The molecule has 0 saturated carbocycles. The van der Waals surface area contributed by atoms with Gasteiger partial charge in [0.2, 0.25) is 15.9 Å². The Morgan fingerprint density at radius 2 is 1.65 bits per heavy atom. The number of carbonyl (C=O) groups is 1. The number of nitrogens with zero attached hydrogens (tertiary/aromatic N) is 1. The van der Waals surface area contributed by atoms with Gasteiger partial charge in [0.05, 0.1) is 18.8 Å². The van der Waals surface area contributed by atoms with Crippen LogP contribution >= 0.6 is 0 Å². The lowest BCUT2D eigenvalue weighted by Crippen LogP contribution is -2.44. The highest BCUT2D eigenvalue weighted by molar-refractivity contribution is 7.88. The van der Waals surface area contributed by atoms with E-state index in [1.807, 2.05) is 67.6 Å². The Hall–Kier alpha value is -2.38. The summed E-state index contributed by atoms with van der Waals surface area (Å²) in [5.41, 5.74) is 0.825. The molecule has 0 aliphatic rings. The molecule has 0 saturated heterocycles. The molecule has 0 aliphatic carbocycles. The second-order valence-electron chi connectivity index (χ2n) is 6.11. The van der Waals surface area contributed by atoms with E-state index in [-0.39, 0.29) is 25.0 Å². The second-order valence-corrected chi connectivity index (χ2v) is 8.09. The maximum absolute atomic E-state index is 12.2. The van der Waals surface area contributed by atoms with E-state index in [0.29, 0.717) is 6.61 Å². The lowest BCUT2D eigenvalue weighted by atomic mass is 10.2. The summed E-state index contributed by atoms with van der Waals surface area (Å²) < 4.78 is 30.7. The van der Waals surface area contributed by atoms with Crippen LogP contribution in [0.4, 0.5) is 0 Å². The van der Waals surface area contributed by atoms with Crippen molar-refractivity contribution in [3.8, 4) is 5.75 Å². The van der Waals surface area contributed by atoms with E-state index in [0.717, 1.165) is 21.9 Å². The van der Waals surface area contributed by atoms with Gasteiger partial charge in [-0.1, -0.05) is 48.5 Å². The highest BCUT2D eigenvalue weighted by atomic mass is 32.2. The van der Waals surface area contributed by atoms with E-state index in [1.165, 1.54) is 0 Å². The standard InChI is InChI=1S/C19H24N2O4S/c1-16(15-25-18-11-7-4-8-12-18)20-19(22)14-21(26(2,23)24)13-17-9-5-3-6-10-17/h3-12,16H,13-15H2,1-2H3,(H,20,22). The number of benzene rings is 2. The van der Waals surface area contributed by atoms with Crippen LogP contribution in [0, 0.1) is 0 Å². The molecule has 0 bridgehead atoms. The van der Waals surface area contributed by atoms with E-state index >= 15 is 0 Å². The van der Waals surface area contributed by atoms with E-state index in [9.17, 15) is 13.2 Å². The SMILES string of the molecule is CC(COc1ccccc1)NC(=O)CN(Cc1ccccc1)S(C)(=O)=O. The van der Waals surface area contributed by atoms with Crippen molar-refractivity contribution in [2.45, 2.75) is 19.5 Å². The van der Waals surface area contributed by atoms with Crippen molar-refractivity contribution in [2.75, 3.05) is 19.4 Å². The van der Waals surface area contributed by atoms with Crippen LogP contribution in [0.3, 0.4) is 0 Å². The minimum Gasteiger partial charge on any atom is -0.491 e. The van der Waals surface area contributed by atoms with Crippen LogP contribution in [0.15, 0.2) is 60.7 Å². The maximum Gasteiger partial charge on any atom is 0.235 e. The fourth-order valence-electron chi connectivity index (χ4n) is 2.34. The van der Waals surface area contributed by atoms with Gasteiger partial charge in [-0.25, -0.2) is 8.42 Å². The molecule has 0 radical (unpaired) electrons. The number of nitrogens with one attached hydrogen (secondary N) is 1. The molecule has 2 rings (SSSR count). The molecule has 0 heterocycles. The fraction of sp³-hybridized carbons (Fsp3) is 0.316. The molecule has 2 aromatic rings. The average Bonchev–Trinajstić information content (AvgIpc) is 2.60. The first kappa shape index (κ1) is 19.9. The minimum atomic E-state index is -3.51. The topological polar surface area (TPSA) is 75.7 Å². The van der Waals surface area contributed by atoms with E-state index in [1.54, 1.807) is 0 Å². The van der Waals surface area contributed by atoms with Crippen molar-refractivity contribution in [3.63, 3.8) is 0 Å². The molecular formula is C19H24N2O4S. The zero-order chi connectivity index (χ0) is 19.0. The first-order chi connectivity index (χ1) is 12.3. The van der Waals surface area contributed by atoms with E-state index in [4.69, 9.17) is 4.74 Å². The predicted molar refractivity (Wildman–Crippen MR) is 101 cm³/mol. The zero-order valence-corrected chi connectivity index (χ0v) is 15.8. The normalized spacial score (nSPS) is 12.6. The summed E-state index contributed by atoms with van der Waals surface area (Å²) in [4.78, 5) is 12.2. The molecule has 7 heteroatoms. The average molecular weight is 376 g/mol. The maximum atomic E-state index is 12.2. The van der Waals surface area contributed by atoms with Gasteiger partial charge in [0, 0.05) is 6.54 Å². The third kappa shape index (κ3) is 6.85. The zero-order valence-electron chi connectivity index (χ0n) is 15.0. The molecule has 6 nitrogen and oxygen atoms in total. The summed E-state index contributed by atoms with van der Waals surface area (Å²) in [5, 5.41) is 2.77. The predicted octanol–water partition coefficient (Wildman–Crippen LogP) is 2.03. The van der Waals surface area contributed by atoms with E-state index in [2.05, 4.69) is 5.32 Å². The van der Waals surface area contributed by atoms with Gasteiger partial charge in [-0.15, -0.1) is 0 Å². The van der Waals surface area contributed by atoms with Gasteiger partial charge in [0.25, 0.3) is 0 Å². The number of hydrogen-bond acceptors (Lipinski definition) is 4. The highest BCUT2D eigenvalue weighted by Crippen LogP contribution is 2.09. The molecule has 0 aromatic heterocycles.